The SMILES string of the molecule is C/C=C/C1CCC(/C=C/C)CC1.CC1CCC(C=C(F)F)CC1.FC(F)=CC1CCC(C=C(F)F)CC1.[HH].[HH].[HH]. The predicted octanol–water partition coefficient (Wildman–Crippen LogP) is 12.6. The van der Waals surface area contributed by atoms with E-state index < -0.39 is 18.2 Å². The third kappa shape index (κ3) is 16.7. The van der Waals surface area contributed by atoms with Crippen LogP contribution >= 0.6 is 0 Å². The van der Waals surface area contributed by atoms with Crippen LogP contribution in [0.1, 0.15) is 102 Å². The lowest BCUT2D eigenvalue weighted by molar-refractivity contribution is 0.317. The quantitative estimate of drug-likeness (QED) is 0.241. The summed E-state index contributed by atoms with van der Waals surface area (Å²) in [6.45, 7) is 6.43. The van der Waals surface area contributed by atoms with Crippen LogP contribution in [0.3, 0.4) is 0 Å². The summed E-state index contributed by atoms with van der Waals surface area (Å²) in [6.07, 6.45) is 19.2. The van der Waals surface area contributed by atoms with Crippen molar-refractivity contribution in [2.45, 2.75) is 97.8 Å². The van der Waals surface area contributed by atoms with Crippen molar-refractivity contribution in [2.24, 2.45) is 35.5 Å². The molecule has 0 nitrogen and oxygen atoms in total. The molecule has 37 heavy (non-hydrogen) atoms. The highest BCUT2D eigenvalue weighted by Crippen LogP contribution is 2.33. The summed E-state index contributed by atoms with van der Waals surface area (Å²) in [4.78, 5) is 0. The van der Waals surface area contributed by atoms with Crippen LogP contribution in [0.5, 0.6) is 0 Å². The van der Waals surface area contributed by atoms with Crippen molar-refractivity contribution in [2.75, 3.05) is 0 Å². The molecule has 0 unspecified atom stereocenters. The van der Waals surface area contributed by atoms with Crippen LogP contribution in [0.2, 0.25) is 0 Å². The largest absolute Gasteiger partial charge is 0.266 e. The molecule has 3 saturated carbocycles. The lowest BCUT2D eigenvalue weighted by atomic mass is 9.82. The molecule has 3 aliphatic carbocycles. The molecule has 0 aromatic rings. The number of allylic oxidation sites excluding steroid dienone is 7. The second-order valence-corrected chi connectivity index (χ2v) is 10.8. The lowest BCUT2D eigenvalue weighted by Gasteiger charge is -2.24. The van der Waals surface area contributed by atoms with Crippen LogP contribution < -0.4 is 0 Å². The van der Waals surface area contributed by atoms with E-state index in [2.05, 4.69) is 45.1 Å². The fraction of sp³-hybridized carbons (Fsp3) is 0.677. The molecule has 0 N–H and O–H groups in total. The highest BCUT2D eigenvalue weighted by atomic mass is 19.3. The molecule has 0 amide bonds. The molecule has 3 aliphatic rings. The molecule has 0 saturated heterocycles. The van der Waals surface area contributed by atoms with E-state index in [4.69, 9.17) is 0 Å². The van der Waals surface area contributed by atoms with Crippen LogP contribution in [0, 0.1) is 35.5 Å². The summed E-state index contributed by atoms with van der Waals surface area (Å²) in [5.41, 5.74) is 0. The maximum Gasteiger partial charge on any atom is 0.266 e. The molecular formula is C31H52F6. The van der Waals surface area contributed by atoms with Gasteiger partial charge >= 0.3 is 0 Å². The van der Waals surface area contributed by atoms with Gasteiger partial charge < -0.3 is 0 Å². The van der Waals surface area contributed by atoms with Crippen molar-refractivity contribution in [1.82, 2.24) is 0 Å². The van der Waals surface area contributed by atoms with Crippen molar-refractivity contribution in [3.05, 3.63) is 60.8 Å². The average molecular weight is 539 g/mol. The van der Waals surface area contributed by atoms with E-state index in [0.29, 0.717) is 25.7 Å². The Morgan fingerprint density at radius 3 is 0.946 bits per heavy atom. The summed E-state index contributed by atoms with van der Waals surface area (Å²) in [7, 11) is 0. The van der Waals surface area contributed by atoms with E-state index in [9.17, 15) is 26.3 Å². The van der Waals surface area contributed by atoms with E-state index in [-0.39, 0.29) is 22.0 Å². The molecule has 3 rings (SSSR count). The van der Waals surface area contributed by atoms with Gasteiger partial charge in [0.1, 0.15) is 0 Å². The van der Waals surface area contributed by atoms with Crippen molar-refractivity contribution < 1.29 is 30.6 Å². The first-order chi connectivity index (χ1) is 17.6. The number of hydrogen-bond donors (Lipinski definition) is 0. The molecule has 0 spiro atoms. The highest BCUT2D eigenvalue weighted by Gasteiger charge is 2.20. The predicted molar refractivity (Wildman–Crippen MR) is 149 cm³/mol. The highest BCUT2D eigenvalue weighted by molar-refractivity contribution is 4.96. The molecule has 0 atom stereocenters. The first kappa shape index (κ1) is 33.3. The van der Waals surface area contributed by atoms with Crippen molar-refractivity contribution in [3.63, 3.8) is 0 Å². The van der Waals surface area contributed by atoms with Gasteiger partial charge in [-0.3, -0.25) is 0 Å². The molecule has 0 bridgehead atoms. The monoisotopic (exact) mass is 538 g/mol. The third-order valence-electron chi connectivity index (χ3n) is 7.71. The average Bonchev–Trinajstić information content (AvgIpc) is 2.83. The van der Waals surface area contributed by atoms with Gasteiger partial charge in [0.05, 0.1) is 0 Å². The van der Waals surface area contributed by atoms with Crippen LogP contribution in [0.15, 0.2) is 60.8 Å². The van der Waals surface area contributed by atoms with Gasteiger partial charge in [-0.1, -0.05) is 44.1 Å². The first-order valence-electron chi connectivity index (χ1n) is 14.0. The van der Waals surface area contributed by atoms with Crippen LogP contribution in [0.4, 0.5) is 26.3 Å². The molecule has 6 heteroatoms. The minimum absolute atomic E-state index is 0. The molecule has 3 fully saturated rings. The smallest absolute Gasteiger partial charge is 0.174 e. The molecule has 0 aliphatic heterocycles. The fourth-order valence-corrected chi connectivity index (χ4v) is 5.54. The molecule has 0 radical (unpaired) electrons. The Kier molecular flexibility index (Phi) is 17.4. The minimum atomic E-state index is -1.67. The Morgan fingerprint density at radius 2 is 0.703 bits per heavy atom. The first-order valence-corrected chi connectivity index (χ1v) is 14.0. The van der Waals surface area contributed by atoms with Gasteiger partial charge in [-0.05, 0) is 132 Å². The minimum Gasteiger partial charge on any atom is -0.174 e. The van der Waals surface area contributed by atoms with Gasteiger partial charge in [0.15, 0.2) is 0 Å². The van der Waals surface area contributed by atoms with Crippen molar-refractivity contribution >= 4 is 0 Å². The standard InChI is InChI=1S/C12H20.C10H12F4.C9H14F2.3H2/c1-3-5-11-7-9-12(6-4-2)10-8-11;11-9(12)5-7-1-2-8(4-3-7)6-10(13)14;1-7-2-4-8(5-3-7)6-9(10)11;;;/h3-6,11-12H,7-10H2,1-2H3;5-8H,1-4H2;6-8H,2-5H2,1H3;3*1H/b5-3+,6-4+;;;;;. The molecule has 218 valence electrons. The van der Waals surface area contributed by atoms with Gasteiger partial charge in [-0.25, -0.2) is 0 Å². The zero-order valence-electron chi connectivity index (χ0n) is 22.8. The Hall–Kier alpha value is -1.72. The maximum atomic E-state index is 11.9. The zero-order chi connectivity index (χ0) is 27.6. The van der Waals surface area contributed by atoms with E-state index in [1.807, 2.05) is 0 Å². The normalized spacial score (nSPS) is 29.9. The Balaban J connectivity index is -0.000000498. The zero-order valence-corrected chi connectivity index (χ0v) is 22.8. The molecular weight excluding hydrogens is 486 g/mol. The molecule has 0 aromatic carbocycles. The second-order valence-electron chi connectivity index (χ2n) is 10.8. The number of halogens is 6. The molecule has 0 aromatic heterocycles. The fourth-order valence-electron chi connectivity index (χ4n) is 5.54. The van der Waals surface area contributed by atoms with Gasteiger partial charge in [0, 0.05) is 4.28 Å². The van der Waals surface area contributed by atoms with Crippen LogP contribution in [-0.2, 0) is 0 Å². The lowest BCUT2D eigenvalue weighted by Crippen LogP contribution is -2.11. The summed E-state index contributed by atoms with van der Waals surface area (Å²) in [5, 5.41) is 0. The summed E-state index contributed by atoms with van der Waals surface area (Å²) in [6, 6.07) is 0. The van der Waals surface area contributed by atoms with Crippen molar-refractivity contribution in [3.8, 4) is 0 Å². The third-order valence-corrected chi connectivity index (χ3v) is 7.71. The van der Waals surface area contributed by atoms with E-state index >= 15 is 0 Å². The van der Waals surface area contributed by atoms with E-state index in [1.54, 1.807) is 0 Å². The van der Waals surface area contributed by atoms with Crippen LogP contribution in [-0.4, -0.2) is 0 Å². The topological polar surface area (TPSA) is 0 Å². The van der Waals surface area contributed by atoms with Gasteiger partial charge in [0.25, 0.3) is 18.2 Å². The second kappa shape index (κ2) is 19.4. The van der Waals surface area contributed by atoms with Crippen LogP contribution in [0.25, 0.3) is 0 Å². The number of hydrogen-bond acceptors (Lipinski definition) is 0. The molecule has 0 heterocycles. The Labute approximate surface area is 225 Å². The number of rotatable bonds is 5. The van der Waals surface area contributed by atoms with Crippen molar-refractivity contribution in [1.29, 1.82) is 0 Å². The van der Waals surface area contributed by atoms with E-state index in [1.165, 1.54) is 25.7 Å². The Morgan fingerprint density at radius 1 is 0.459 bits per heavy atom. The summed E-state index contributed by atoms with van der Waals surface area (Å²) in [5.74, 6) is 2.37. The Bertz CT molecular complexity index is 699. The van der Waals surface area contributed by atoms with Gasteiger partial charge in [-0.2, -0.15) is 26.3 Å². The van der Waals surface area contributed by atoms with Gasteiger partial charge in [-0.15, -0.1) is 0 Å². The summed E-state index contributed by atoms with van der Waals surface area (Å²) >= 11 is 0. The maximum absolute atomic E-state index is 11.9. The summed E-state index contributed by atoms with van der Waals surface area (Å²) < 4.78 is 71.0. The van der Waals surface area contributed by atoms with E-state index in [0.717, 1.165) is 61.7 Å². The van der Waals surface area contributed by atoms with Gasteiger partial charge in [0.2, 0.25) is 0 Å².